The molecule has 0 atom stereocenters. The highest BCUT2D eigenvalue weighted by Gasteiger charge is 2.21. The van der Waals surface area contributed by atoms with Gasteiger partial charge in [0.25, 0.3) is 5.91 Å². The molecule has 30 heavy (non-hydrogen) atoms. The highest BCUT2D eigenvalue weighted by molar-refractivity contribution is 6.36. The van der Waals surface area contributed by atoms with Crippen LogP contribution in [-0.4, -0.2) is 29.2 Å². The molecular formula is C23H22Cl2N4O. The minimum absolute atomic E-state index is 0.240. The average Bonchev–Trinajstić information content (AvgIpc) is 2.77. The number of benzene rings is 2. The molecule has 0 saturated carbocycles. The number of hydrogen-bond acceptors (Lipinski definition) is 4. The summed E-state index contributed by atoms with van der Waals surface area (Å²) in [7, 11) is 0. The van der Waals surface area contributed by atoms with Crippen LogP contribution in [0, 0.1) is 5.92 Å². The Balaban J connectivity index is 1.33. The summed E-state index contributed by atoms with van der Waals surface area (Å²) >= 11 is 12.0. The predicted octanol–water partition coefficient (Wildman–Crippen LogP) is 5.49. The molecule has 1 aliphatic rings. The Kier molecular flexibility index (Phi) is 6.50. The maximum absolute atomic E-state index is 12.4. The molecule has 0 unspecified atom stereocenters. The van der Waals surface area contributed by atoms with Crippen molar-refractivity contribution in [3.63, 3.8) is 0 Å². The molecule has 0 spiro atoms. The summed E-state index contributed by atoms with van der Waals surface area (Å²) in [6.07, 6.45) is 3.36. The summed E-state index contributed by atoms with van der Waals surface area (Å²) < 4.78 is 0. The Morgan fingerprint density at radius 3 is 2.43 bits per heavy atom. The van der Waals surface area contributed by atoms with Crippen molar-refractivity contribution in [3.8, 4) is 0 Å². The fourth-order valence-electron chi connectivity index (χ4n) is 3.71. The fraction of sp³-hybridized carbons (Fsp3) is 0.261. The minimum Gasteiger partial charge on any atom is -0.355 e. The number of rotatable bonds is 5. The van der Waals surface area contributed by atoms with E-state index in [-0.39, 0.29) is 11.6 Å². The van der Waals surface area contributed by atoms with Gasteiger partial charge in [0.05, 0.1) is 10.7 Å². The minimum atomic E-state index is -0.361. The normalized spacial score (nSPS) is 14.5. The van der Waals surface area contributed by atoms with Gasteiger partial charge in [-0.25, -0.2) is 0 Å². The van der Waals surface area contributed by atoms with Crippen LogP contribution in [0.3, 0.4) is 0 Å². The van der Waals surface area contributed by atoms with Crippen molar-refractivity contribution in [2.24, 2.45) is 5.92 Å². The van der Waals surface area contributed by atoms with E-state index in [1.54, 1.807) is 24.3 Å². The highest BCUT2D eigenvalue weighted by Crippen LogP contribution is 2.26. The number of hydrogen-bond donors (Lipinski definition) is 1. The van der Waals surface area contributed by atoms with Crippen LogP contribution in [-0.2, 0) is 6.42 Å². The second kappa shape index (κ2) is 9.45. The van der Waals surface area contributed by atoms with E-state index in [4.69, 9.17) is 23.2 Å². The molecule has 154 valence electrons. The highest BCUT2D eigenvalue weighted by atomic mass is 35.5. The van der Waals surface area contributed by atoms with Crippen molar-refractivity contribution in [2.45, 2.75) is 19.3 Å². The van der Waals surface area contributed by atoms with Crippen molar-refractivity contribution in [1.29, 1.82) is 0 Å². The van der Waals surface area contributed by atoms with Crippen molar-refractivity contribution < 1.29 is 4.79 Å². The first-order valence-electron chi connectivity index (χ1n) is 9.97. The Hall–Kier alpha value is -2.63. The summed E-state index contributed by atoms with van der Waals surface area (Å²) in [5.41, 5.74) is 2.12. The van der Waals surface area contributed by atoms with Crippen LogP contribution in [0.1, 0.15) is 28.9 Å². The topological polar surface area (TPSA) is 58.1 Å². The molecule has 7 heteroatoms. The molecule has 3 aromatic rings. The Bertz CT molecular complexity index is 1000. The van der Waals surface area contributed by atoms with Gasteiger partial charge < -0.3 is 10.2 Å². The maximum atomic E-state index is 12.4. The van der Waals surface area contributed by atoms with Crippen LogP contribution in [0.4, 0.5) is 11.5 Å². The quantitative estimate of drug-likeness (QED) is 0.569. The predicted molar refractivity (Wildman–Crippen MR) is 122 cm³/mol. The number of amides is 1. The fourth-order valence-corrected chi connectivity index (χ4v) is 4.16. The van der Waals surface area contributed by atoms with Gasteiger partial charge in [-0.05, 0) is 61.1 Å². The number of halogens is 2. The number of carbonyl (C=O) groups is 1. The van der Waals surface area contributed by atoms with Gasteiger partial charge in [-0.15, -0.1) is 10.2 Å². The number of piperidine rings is 1. The largest absolute Gasteiger partial charge is 0.355 e. The summed E-state index contributed by atoms with van der Waals surface area (Å²) in [6, 6.07) is 19.1. The van der Waals surface area contributed by atoms with Crippen molar-refractivity contribution in [2.75, 3.05) is 23.3 Å². The van der Waals surface area contributed by atoms with E-state index in [0.29, 0.717) is 21.7 Å². The molecule has 0 aliphatic carbocycles. The van der Waals surface area contributed by atoms with E-state index >= 15 is 0 Å². The van der Waals surface area contributed by atoms with Gasteiger partial charge in [0.2, 0.25) is 0 Å². The van der Waals surface area contributed by atoms with Crippen LogP contribution in [0.15, 0.2) is 60.7 Å². The van der Waals surface area contributed by atoms with Crippen molar-refractivity contribution >= 4 is 40.6 Å². The van der Waals surface area contributed by atoms with E-state index in [9.17, 15) is 4.79 Å². The SMILES string of the molecule is O=C(Nc1ccc(Cl)cc1Cl)c1ccc(N2CCC(Cc3ccccc3)CC2)nn1. The van der Waals surface area contributed by atoms with E-state index in [2.05, 4.69) is 50.7 Å². The van der Waals surface area contributed by atoms with Gasteiger partial charge in [0, 0.05) is 18.1 Å². The smallest absolute Gasteiger partial charge is 0.276 e. The van der Waals surface area contributed by atoms with Crippen LogP contribution in [0.25, 0.3) is 0 Å². The number of aromatic nitrogens is 2. The third-order valence-electron chi connectivity index (χ3n) is 5.37. The molecule has 0 radical (unpaired) electrons. The first kappa shape index (κ1) is 20.6. The van der Waals surface area contributed by atoms with Crippen LogP contribution < -0.4 is 10.2 Å². The number of carbonyl (C=O) groups excluding carboxylic acids is 1. The van der Waals surface area contributed by atoms with E-state index in [1.807, 2.05) is 6.07 Å². The van der Waals surface area contributed by atoms with Gasteiger partial charge in [-0.2, -0.15) is 0 Å². The molecule has 1 saturated heterocycles. The lowest BCUT2D eigenvalue weighted by molar-refractivity contribution is 0.102. The second-order valence-corrected chi connectivity index (χ2v) is 8.32. The summed E-state index contributed by atoms with van der Waals surface area (Å²) in [5.74, 6) is 1.12. The molecule has 2 heterocycles. The first-order chi connectivity index (χ1) is 14.6. The lowest BCUT2D eigenvalue weighted by Gasteiger charge is -2.32. The number of nitrogens with zero attached hydrogens (tertiary/aromatic N) is 3. The Morgan fingerprint density at radius 2 is 1.77 bits per heavy atom. The van der Waals surface area contributed by atoms with Crippen LogP contribution >= 0.6 is 23.2 Å². The van der Waals surface area contributed by atoms with E-state index in [1.165, 1.54) is 5.56 Å². The molecule has 1 N–H and O–H groups in total. The maximum Gasteiger partial charge on any atom is 0.276 e. The van der Waals surface area contributed by atoms with Gasteiger partial charge in [-0.3, -0.25) is 4.79 Å². The van der Waals surface area contributed by atoms with Crippen LogP contribution in [0.2, 0.25) is 10.0 Å². The third kappa shape index (κ3) is 5.10. The van der Waals surface area contributed by atoms with Crippen molar-refractivity contribution in [3.05, 3.63) is 82.0 Å². The van der Waals surface area contributed by atoms with Gasteiger partial charge >= 0.3 is 0 Å². The summed E-state index contributed by atoms with van der Waals surface area (Å²) in [5, 5.41) is 12.0. The summed E-state index contributed by atoms with van der Waals surface area (Å²) in [6.45, 7) is 1.89. The molecule has 5 nitrogen and oxygen atoms in total. The average molecular weight is 441 g/mol. The first-order valence-corrected chi connectivity index (χ1v) is 10.7. The van der Waals surface area contributed by atoms with Gasteiger partial charge in [0.15, 0.2) is 11.5 Å². The molecule has 2 aromatic carbocycles. The molecule has 0 bridgehead atoms. The standard InChI is InChI=1S/C23H22Cl2N4O/c24-18-6-7-20(19(25)15-18)26-23(30)21-8-9-22(28-27-21)29-12-10-17(11-13-29)14-16-4-2-1-3-5-16/h1-9,15,17H,10-14H2,(H,26,30). The Morgan fingerprint density at radius 1 is 1.00 bits per heavy atom. The van der Waals surface area contributed by atoms with E-state index in [0.717, 1.165) is 38.2 Å². The zero-order valence-electron chi connectivity index (χ0n) is 16.4. The zero-order valence-corrected chi connectivity index (χ0v) is 17.9. The molecule has 1 amide bonds. The van der Waals surface area contributed by atoms with E-state index < -0.39 is 0 Å². The third-order valence-corrected chi connectivity index (χ3v) is 5.92. The van der Waals surface area contributed by atoms with Gasteiger partial charge in [0.1, 0.15) is 0 Å². The lowest BCUT2D eigenvalue weighted by Crippen LogP contribution is -2.35. The summed E-state index contributed by atoms with van der Waals surface area (Å²) in [4.78, 5) is 14.7. The van der Waals surface area contributed by atoms with Gasteiger partial charge in [-0.1, -0.05) is 53.5 Å². The molecule has 4 rings (SSSR count). The molecular weight excluding hydrogens is 419 g/mol. The Labute approximate surface area is 186 Å². The zero-order chi connectivity index (χ0) is 20.9. The monoisotopic (exact) mass is 440 g/mol. The second-order valence-electron chi connectivity index (χ2n) is 7.48. The van der Waals surface area contributed by atoms with Crippen molar-refractivity contribution in [1.82, 2.24) is 10.2 Å². The molecule has 1 fully saturated rings. The number of anilines is 2. The molecule has 1 aromatic heterocycles. The lowest BCUT2D eigenvalue weighted by atomic mass is 9.90. The number of nitrogens with one attached hydrogen (secondary N) is 1. The molecule has 1 aliphatic heterocycles. The van der Waals surface area contributed by atoms with Crippen LogP contribution in [0.5, 0.6) is 0 Å².